The van der Waals surface area contributed by atoms with Crippen molar-refractivity contribution in [3.8, 4) is 11.3 Å². The highest BCUT2D eigenvalue weighted by Crippen LogP contribution is 2.24. The van der Waals surface area contributed by atoms with Gasteiger partial charge in [0.2, 0.25) is 11.8 Å². The monoisotopic (exact) mass is 419 g/mol. The minimum atomic E-state index is -0.727. The Kier molecular flexibility index (Phi) is 7.18. The Labute approximate surface area is 174 Å². The zero-order valence-electron chi connectivity index (χ0n) is 17.4. The Hall–Kier alpha value is -2.77. The lowest BCUT2D eigenvalue weighted by molar-refractivity contribution is -0.139. The second-order valence-corrected chi connectivity index (χ2v) is 7.94. The van der Waals surface area contributed by atoms with Gasteiger partial charge in [0.05, 0.1) is 11.8 Å². The van der Waals surface area contributed by atoms with Gasteiger partial charge in [-0.15, -0.1) is 0 Å². The molecule has 0 N–H and O–H groups in total. The molecule has 2 heterocycles. The number of aryl methyl sites for hydroxylation is 1. The van der Waals surface area contributed by atoms with E-state index in [1.165, 1.54) is 12.3 Å². The highest BCUT2D eigenvalue weighted by Gasteiger charge is 2.24. The van der Waals surface area contributed by atoms with E-state index in [1.807, 2.05) is 4.90 Å². The van der Waals surface area contributed by atoms with Crippen LogP contribution in [0.25, 0.3) is 11.3 Å². The van der Waals surface area contributed by atoms with Gasteiger partial charge in [-0.2, -0.15) is 0 Å². The maximum Gasteiger partial charge on any atom is 0.223 e. The van der Waals surface area contributed by atoms with E-state index in [9.17, 15) is 18.4 Å². The Morgan fingerprint density at radius 2 is 1.70 bits per heavy atom. The van der Waals surface area contributed by atoms with Crippen LogP contribution in [0.3, 0.4) is 0 Å². The standard InChI is InChI=1S/C22H27F2N3O3/c1-15(2)3-7-21(28)26-9-11-27(12-10-26)22(29)8-6-20-25-14-19(30-20)17-5-4-16(23)13-18(17)24/h4-5,13-15H,3,6-12H2,1-2H3. The van der Waals surface area contributed by atoms with Crippen LogP contribution in [0.4, 0.5) is 8.78 Å². The van der Waals surface area contributed by atoms with Gasteiger partial charge in [-0.05, 0) is 24.5 Å². The van der Waals surface area contributed by atoms with Crippen molar-refractivity contribution in [2.24, 2.45) is 5.92 Å². The summed E-state index contributed by atoms with van der Waals surface area (Å²) in [7, 11) is 0. The average molecular weight is 419 g/mol. The summed E-state index contributed by atoms with van der Waals surface area (Å²) in [4.78, 5) is 32.4. The van der Waals surface area contributed by atoms with Crippen LogP contribution in [0.2, 0.25) is 0 Å². The topological polar surface area (TPSA) is 66.7 Å². The molecule has 0 atom stereocenters. The summed E-state index contributed by atoms with van der Waals surface area (Å²) >= 11 is 0. The van der Waals surface area contributed by atoms with Crippen molar-refractivity contribution in [2.45, 2.75) is 39.5 Å². The van der Waals surface area contributed by atoms with Gasteiger partial charge in [-0.25, -0.2) is 13.8 Å². The molecular formula is C22H27F2N3O3. The molecule has 0 saturated carbocycles. The zero-order chi connectivity index (χ0) is 21.7. The van der Waals surface area contributed by atoms with Gasteiger partial charge in [0.1, 0.15) is 11.6 Å². The third-order valence-corrected chi connectivity index (χ3v) is 5.22. The summed E-state index contributed by atoms with van der Waals surface area (Å²) in [5.74, 6) is -0.258. The SMILES string of the molecule is CC(C)CCC(=O)N1CCN(C(=O)CCc2ncc(-c3ccc(F)cc3F)o2)CC1. The molecule has 3 rings (SSSR count). The minimum Gasteiger partial charge on any atom is -0.441 e. The molecule has 1 aliphatic heterocycles. The number of hydrogen-bond acceptors (Lipinski definition) is 4. The molecule has 1 aromatic heterocycles. The first-order chi connectivity index (χ1) is 14.3. The molecule has 0 bridgehead atoms. The van der Waals surface area contributed by atoms with Gasteiger partial charge in [0.15, 0.2) is 11.7 Å². The predicted molar refractivity (Wildman–Crippen MR) is 107 cm³/mol. The molecule has 0 aliphatic carbocycles. The molecule has 1 aromatic carbocycles. The number of oxazole rings is 1. The minimum absolute atomic E-state index is 0.0306. The molecule has 1 fully saturated rings. The maximum absolute atomic E-state index is 13.9. The molecule has 8 heteroatoms. The van der Waals surface area contributed by atoms with Crippen molar-refractivity contribution in [3.63, 3.8) is 0 Å². The van der Waals surface area contributed by atoms with Crippen LogP contribution in [0.15, 0.2) is 28.8 Å². The summed E-state index contributed by atoms with van der Waals surface area (Å²) in [6, 6.07) is 3.23. The van der Waals surface area contributed by atoms with Gasteiger partial charge in [0.25, 0.3) is 0 Å². The predicted octanol–water partition coefficient (Wildman–Crippen LogP) is 3.66. The number of carbonyl (C=O) groups is 2. The number of hydrogen-bond donors (Lipinski definition) is 0. The van der Waals surface area contributed by atoms with E-state index < -0.39 is 11.6 Å². The number of piperazine rings is 1. The summed E-state index contributed by atoms with van der Waals surface area (Å²) in [5.41, 5.74) is 0.125. The second-order valence-electron chi connectivity index (χ2n) is 7.94. The molecule has 162 valence electrons. The fourth-order valence-corrected chi connectivity index (χ4v) is 3.39. The lowest BCUT2D eigenvalue weighted by Gasteiger charge is -2.35. The molecule has 0 spiro atoms. The van der Waals surface area contributed by atoms with Gasteiger partial charge >= 0.3 is 0 Å². The Balaban J connectivity index is 1.46. The van der Waals surface area contributed by atoms with Crippen LogP contribution >= 0.6 is 0 Å². The summed E-state index contributed by atoms with van der Waals surface area (Å²) in [5, 5.41) is 0. The molecule has 0 unspecified atom stereocenters. The number of rotatable bonds is 7. The molecular weight excluding hydrogens is 392 g/mol. The quantitative estimate of drug-likeness (QED) is 0.687. The molecule has 1 aliphatic rings. The van der Waals surface area contributed by atoms with Gasteiger partial charge in [0, 0.05) is 51.5 Å². The van der Waals surface area contributed by atoms with Crippen LogP contribution < -0.4 is 0 Å². The van der Waals surface area contributed by atoms with Crippen molar-refractivity contribution in [2.75, 3.05) is 26.2 Å². The highest BCUT2D eigenvalue weighted by molar-refractivity contribution is 5.78. The number of nitrogens with zero attached hydrogens (tertiary/aromatic N) is 3. The Bertz CT molecular complexity index is 890. The highest BCUT2D eigenvalue weighted by atomic mass is 19.1. The van der Waals surface area contributed by atoms with E-state index >= 15 is 0 Å². The number of carbonyl (C=O) groups excluding carboxylic acids is 2. The first-order valence-corrected chi connectivity index (χ1v) is 10.3. The fourth-order valence-electron chi connectivity index (χ4n) is 3.39. The van der Waals surface area contributed by atoms with E-state index in [-0.39, 0.29) is 36.0 Å². The fraction of sp³-hybridized carbons (Fsp3) is 0.500. The van der Waals surface area contributed by atoms with E-state index in [4.69, 9.17) is 4.42 Å². The van der Waals surface area contributed by atoms with Crippen LogP contribution in [0, 0.1) is 17.6 Å². The summed E-state index contributed by atoms with van der Waals surface area (Å²) in [6.07, 6.45) is 3.30. The summed E-state index contributed by atoms with van der Waals surface area (Å²) < 4.78 is 32.4. The van der Waals surface area contributed by atoms with Crippen molar-refractivity contribution in [1.82, 2.24) is 14.8 Å². The normalized spacial score (nSPS) is 14.4. The van der Waals surface area contributed by atoms with Crippen molar-refractivity contribution >= 4 is 11.8 Å². The molecule has 0 radical (unpaired) electrons. The van der Waals surface area contributed by atoms with E-state index in [0.29, 0.717) is 44.4 Å². The van der Waals surface area contributed by atoms with E-state index in [0.717, 1.165) is 18.6 Å². The smallest absolute Gasteiger partial charge is 0.223 e. The molecule has 30 heavy (non-hydrogen) atoms. The van der Waals surface area contributed by atoms with Gasteiger partial charge in [-0.1, -0.05) is 13.8 Å². The lowest BCUT2D eigenvalue weighted by atomic mass is 10.1. The van der Waals surface area contributed by atoms with Crippen molar-refractivity contribution in [1.29, 1.82) is 0 Å². The van der Waals surface area contributed by atoms with Crippen molar-refractivity contribution < 1.29 is 22.8 Å². The zero-order valence-corrected chi connectivity index (χ0v) is 17.4. The van der Waals surface area contributed by atoms with E-state index in [1.54, 1.807) is 4.90 Å². The number of halogens is 2. The first kappa shape index (κ1) is 21.9. The third-order valence-electron chi connectivity index (χ3n) is 5.22. The van der Waals surface area contributed by atoms with Crippen molar-refractivity contribution in [3.05, 3.63) is 41.9 Å². The molecule has 2 amide bonds. The Morgan fingerprint density at radius 1 is 1.07 bits per heavy atom. The molecule has 2 aromatic rings. The van der Waals surface area contributed by atoms with Crippen LogP contribution in [0.1, 0.15) is 39.0 Å². The van der Waals surface area contributed by atoms with Crippen LogP contribution in [-0.2, 0) is 16.0 Å². The number of benzene rings is 1. The number of amides is 2. The largest absolute Gasteiger partial charge is 0.441 e. The third kappa shape index (κ3) is 5.64. The number of aromatic nitrogens is 1. The Morgan fingerprint density at radius 3 is 2.30 bits per heavy atom. The van der Waals surface area contributed by atoms with E-state index in [2.05, 4.69) is 18.8 Å². The van der Waals surface area contributed by atoms with Crippen LogP contribution in [0.5, 0.6) is 0 Å². The molecule has 6 nitrogen and oxygen atoms in total. The maximum atomic E-state index is 13.9. The molecule has 1 saturated heterocycles. The lowest BCUT2D eigenvalue weighted by Crippen LogP contribution is -2.50. The second kappa shape index (κ2) is 9.82. The average Bonchev–Trinajstić information content (AvgIpc) is 3.19. The summed E-state index contributed by atoms with van der Waals surface area (Å²) in [6.45, 7) is 6.33. The van der Waals surface area contributed by atoms with Gasteiger partial charge < -0.3 is 14.2 Å². The van der Waals surface area contributed by atoms with Gasteiger partial charge in [-0.3, -0.25) is 9.59 Å². The first-order valence-electron chi connectivity index (χ1n) is 10.3. The van der Waals surface area contributed by atoms with Crippen LogP contribution in [-0.4, -0.2) is 52.8 Å².